The van der Waals surface area contributed by atoms with Crippen LogP contribution in [0.3, 0.4) is 0 Å². The van der Waals surface area contributed by atoms with Crippen molar-refractivity contribution in [3.05, 3.63) is 53.6 Å². The van der Waals surface area contributed by atoms with Crippen LogP contribution in [-0.4, -0.2) is 11.3 Å². The monoisotopic (exact) mass is 368 g/mol. The summed E-state index contributed by atoms with van der Waals surface area (Å²) in [5, 5.41) is 9.05. The lowest BCUT2D eigenvalue weighted by atomic mass is 9.97. The SMILES string of the molecule is CCCCCCCc1ccc(OC(=O)O)c(-c2ccc(CCCC)cc2)c1. The van der Waals surface area contributed by atoms with Crippen LogP contribution in [-0.2, 0) is 12.8 Å². The fourth-order valence-electron chi connectivity index (χ4n) is 3.31. The van der Waals surface area contributed by atoms with Crippen molar-refractivity contribution in [1.29, 1.82) is 0 Å². The maximum absolute atomic E-state index is 11.1. The highest BCUT2D eigenvalue weighted by molar-refractivity contribution is 5.75. The highest BCUT2D eigenvalue weighted by Gasteiger charge is 2.11. The van der Waals surface area contributed by atoms with Crippen LogP contribution >= 0.6 is 0 Å². The Balaban J connectivity index is 2.17. The molecule has 2 aromatic carbocycles. The van der Waals surface area contributed by atoms with Crippen LogP contribution < -0.4 is 4.74 Å². The van der Waals surface area contributed by atoms with Gasteiger partial charge in [-0.25, -0.2) is 4.79 Å². The average Bonchev–Trinajstić information content (AvgIpc) is 2.67. The van der Waals surface area contributed by atoms with Crippen molar-refractivity contribution in [2.75, 3.05) is 0 Å². The summed E-state index contributed by atoms with van der Waals surface area (Å²) in [6.07, 6.45) is 9.40. The molecule has 146 valence electrons. The summed E-state index contributed by atoms with van der Waals surface area (Å²) in [4.78, 5) is 11.1. The summed E-state index contributed by atoms with van der Waals surface area (Å²) >= 11 is 0. The largest absolute Gasteiger partial charge is 0.511 e. The molecule has 0 amide bonds. The second-order valence-corrected chi connectivity index (χ2v) is 7.16. The van der Waals surface area contributed by atoms with Crippen molar-refractivity contribution in [3.8, 4) is 16.9 Å². The standard InChI is InChI=1S/C24H32O3/c1-3-5-7-8-9-11-20-14-17-23(27-24(25)26)22(18-20)21-15-12-19(13-16-21)10-6-4-2/h12-18H,3-11H2,1-2H3,(H,25,26). The number of hydrogen-bond acceptors (Lipinski definition) is 2. The van der Waals surface area contributed by atoms with Crippen LogP contribution in [0.5, 0.6) is 5.75 Å². The van der Waals surface area contributed by atoms with Gasteiger partial charge in [0.25, 0.3) is 0 Å². The minimum atomic E-state index is -1.27. The first-order chi connectivity index (χ1) is 13.1. The van der Waals surface area contributed by atoms with E-state index in [0.717, 1.165) is 30.4 Å². The molecule has 0 saturated heterocycles. The van der Waals surface area contributed by atoms with Crippen LogP contribution in [0.15, 0.2) is 42.5 Å². The van der Waals surface area contributed by atoms with Gasteiger partial charge in [-0.3, -0.25) is 0 Å². The van der Waals surface area contributed by atoms with E-state index in [1.54, 1.807) is 6.07 Å². The Morgan fingerprint density at radius 1 is 0.815 bits per heavy atom. The van der Waals surface area contributed by atoms with Gasteiger partial charge in [-0.05, 0) is 54.5 Å². The van der Waals surface area contributed by atoms with Crippen molar-refractivity contribution in [3.63, 3.8) is 0 Å². The van der Waals surface area contributed by atoms with E-state index in [4.69, 9.17) is 9.84 Å². The minimum Gasteiger partial charge on any atom is -0.449 e. The Kier molecular flexibility index (Phi) is 8.90. The number of ether oxygens (including phenoxy) is 1. The zero-order valence-corrected chi connectivity index (χ0v) is 16.7. The molecule has 0 radical (unpaired) electrons. The smallest absolute Gasteiger partial charge is 0.449 e. The van der Waals surface area contributed by atoms with Gasteiger partial charge in [0.15, 0.2) is 0 Å². The molecular weight excluding hydrogens is 336 g/mol. The fraction of sp³-hybridized carbons (Fsp3) is 0.458. The van der Waals surface area contributed by atoms with Gasteiger partial charge in [-0.2, -0.15) is 0 Å². The van der Waals surface area contributed by atoms with Gasteiger partial charge in [-0.1, -0.05) is 76.3 Å². The molecule has 2 rings (SSSR count). The van der Waals surface area contributed by atoms with Crippen molar-refractivity contribution in [1.82, 2.24) is 0 Å². The number of carboxylic acid groups (broad SMARTS) is 1. The lowest BCUT2D eigenvalue weighted by Gasteiger charge is -2.12. The molecule has 3 heteroatoms. The third kappa shape index (κ3) is 7.09. The number of benzene rings is 2. The van der Waals surface area contributed by atoms with Gasteiger partial charge in [0.2, 0.25) is 0 Å². The van der Waals surface area contributed by atoms with E-state index in [2.05, 4.69) is 44.2 Å². The normalized spacial score (nSPS) is 10.7. The lowest BCUT2D eigenvalue weighted by molar-refractivity contribution is 0.144. The van der Waals surface area contributed by atoms with Crippen molar-refractivity contribution >= 4 is 6.16 Å². The van der Waals surface area contributed by atoms with Crippen molar-refractivity contribution < 1.29 is 14.6 Å². The molecule has 0 bridgehead atoms. The van der Waals surface area contributed by atoms with E-state index in [0.29, 0.717) is 5.75 Å². The summed E-state index contributed by atoms with van der Waals surface area (Å²) in [5.41, 5.74) is 4.40. The molecule has 0 unspecified atom stereocenters. The van der Waals surface area contributed by atoms with Crippen molar-refractivity contribution in [2.24, 2.45) is 0 Å². The molecule has 0 aliphatic carbocycles. The molecule has 27 heavy (non-hydrogen) atoms. The molecule has 0 heterocycles. The van der Waals surface area contributed by atoms with E-state index in [-0.39, 0.29) is 0 Å². The number of rotatable bonds is 11. The maximum Gasteiger partial charge on any atom is 0.511 e. The first-order valence-electron chi connectivity index (χ1n) is 10.3. The van der Waals surface area contributed by atoms with Gasteiger partial charge in [0, 0.05) is 5.56 Å². The predicted molar refractivity (Wildman–Crippen MR) is 112 cm³/mol. The third-order valence-electron chi connectivity index (χ3n) is 4.89. The van der Waals surface area contributed by atoms with Crippen molar-refractivity contribution in [2.45, 2.75) is 71.6 Å². The number of unbranched alkanes of at least 4 members (excludes halogenated alkanes) is 5. The zero-order valence-electron chi connectivity index (χ0n) is 16.7. The maximum atomic E-state index is 11.1. The first-order valence-corrected chi connectivity index (χ1v) is 10.3. The van der Waals surface area contributed by atoms with E-state index < -0.39 is 6.16 Å². The lowest BCUT2D eigenvalue weighted by Crippen LogP contribution is -2.04. The van der Waals surface area contributed by atoms with Gasteiger partial charge >= 0.3 is 6.16 Å². The fourth-order valence-corrected chi connectivity index (χ4v) is 3.31. The molecule has 0 atom stereocenters. The highest BCUT2D eigenvalue weighted by Crippen LogP contribution is 2.32. The summed E-state index contributed by atoms with van der Waals surface area (Å²) in [7, 11) is 0. The van der Waals surface area contributed by atoms with E-state index in [1.807, 2.05) is 6.07 Å². The van der Waals surface area contributed by atoms with Crippen LogP contribution in [0, 0.1) is 0 Å². The second kappa shape index (κ2) is 11.4. The van der Waals surface area contributed by atoms with Gasteiger partial charge < -0.3 is 9.84 Å². The molecule has 0 spiro atoms. The minimum absolute atomic E-state index is 0.401. The van der Waals surface area contributed by atoms with Gasteiger partial charge in [0.1, 0.15) is 5.75 Å². The van der Waals surface area contributed by atoms with Crippen LogP contribution in [0.25, 0.3) is 11.1 Å². The Bertz CT molecular complexity index is 704. The molecule has 0 aromatic heterocycles. The van der Waals surface area contributed by atoms with Gasteiger partial charge in [-0.15, -0.1) is 0 Å². The summed E-state index contributed by atoms with van der Waals surface area (Å²) in [6.45, 7) is 4.42. The topological polar surface area (TPSA) is 46.5 Å². The number of hydrogen-bond donors (Lipinski definition) is 1. The average molecular weight is 369 g/mol. The van der Waals surface area contributed by atoms with Gasteiger partial charge in [0.05, 0.1) is 0 Å². The molecule has 0 saturated carbocycles. The summed E-state index contributed by atoms with van der Waals surface area (Å²) < 4.78 is 5.02. The number of aryl methyl sites for hydroxylation is 2. The molecule has 3 nitrogen and oxygen atoms in total. The van der Waals surface area contributed by atoms with E-state index in [1.165, 1.54) is 49.7 Å². The zero-order chi connectivity index (χ0) is 19.5. The Morgan fingerprint density at radius 3 is 2.11 bits per heavy atom. The Morgan fingerprint density at radius 2 is 1.44 bits per heavy atom. The molecule has 1 N–H and O–H groups in total. The molecule has 2 aromatic rings. The van der Waals surface area contributed by atoms with E-state index in [9.17, 15) is 4.79 Å². The molecular formula is C24H32O3. The Hall–Kier alpha value is -2.29. The van der Waals surface area contributed by atoms with E-state index >= 15 is 0 Å². The number of carbonyl (C=O) groups is 1. The Labute approximate surface area is 163 Å². The van der Waals surface area contributed by atoms with Crippen LogP contribution in [0.4, 0.5) is 4.79 Å². The molecule has 0 aliphatic heterocycles. The quantitative estimate of drug-likeness (QED) is 0.258. The highest BCUT2D eigenvalue weighted by atomic mass is 16.7. The third-order valence-corrected chi connectivity index (χ3v) is 4.89. The predicted octanol–water partition coefficient (Wildman–Crippen LogP) is 7.27. The second-order valence-electron chi connectivity index (χ2n) is 7.16. The van der Waals surface area contributed by atoms with Crippen LogP contribution in [0.1, 0.15) is 69.9 Å². The molecule has 0 aliphatic rings. The molecule has 0 fully saturated rings. The summed E-state index contributed by atoms with van der Waals surface area (Å²) in [5.74, 6) is 0.401. The first kappa shape index (κ1) is 21.0. The van der Waals surface area contributed by atoms with Crippen LogP contribution in [0.2, 0.25) is 0 Å². The summed E-state index contributed by atoms with van der Waals surface area (Å²) in [6, 6.07) is 14.3.